The number of phenolic OH excluding ortho intramolecular Hbond substituents is 1. The minimum Gasteiger partial charge on any atom is -0.508 e. The lowest BCUT2D eigenvalue weighted by atomic mass is 10.2. The van der Waals surface area contributed by atoms with Gasteiger partial charge in [-0.15, -0.1) is 0 Å². The molecule has 18 heavy (non-hydrogen) atoms. The SMILES string of the molecule is CC(C)COCCNS(=O)(=O)c1cccc(O)c1. The lowest BCUT2D eigenvalue weighted by molar-refractivity contribution is 0.114. The summed E-state index contributed by atoms with van der Waals surface area (Å²) in [5.41, 5.74) is 0. The number of rotatable bonds is 7. The van der Waals surface area contributed by atoms with Crippen LogP contribution in [0, 0.1) is 5.92 Å². The largest absolute Gasteiger partial charge is 0.508 e. The topological polar surface area (TPSA) is 75.6 Å². The second-order valence-electron chi connectivity index (χ2n) is 4.36. The molecule has 0 aliphatic heterocycles. The van der Waals surface area contributed by atoms with Gasteiger partial charge in [0.15, 0.2) is 0 Å². The van der Waals surface area contributed by atoms with Crippen LogP contribution in [0.3, 0.4) is 0 Å². The molecule has 6 heteroatoms. The Bertz CT molecular complexity index is 471. The lowest BCUT2D eigenvalue weighted by Crippen LogP contribution is -2.27. The van der Waals surface area contributed by atoms with Crippen LogP contribution >= 0.6 is 0 Å². The van der Waals surface area contributed by atoms with Crippen molar-refractivity contribution in [3.63, 3.8) is 0 Å². The van der Waals surface area contributed by atoms with Crippen LogP contribution in [0.1, 0.15) is 13.8 Å². The van der Waals surface area contributed by atoms with Crippen LogP contribution in [-0.2, 0) is 14.8 Å². The Kier molecular flexibility index (Phi) is 5.58. The fraction of sp³-hybridized carbons (Fsp3) is 0.500. The maximum absolute atomic E-state index is 11.8. The number of aromatic hydroxyl groups is 1. The highest BCUT2D eigenvalue weighted by atomic mass is 32.2. The Labute approximate surface area is 108 Å². The Morgan fingerprint density at radius 1 is 1.39 bits per heavy atom. The van der Waals surface area contributed by atoms with Crippen LogP contribution < -0.4 is 4.72 Å². The van der Waals surface area contributed by atoms with Crippen LogP contribution in [0.2, 0.25) is 0 Å². The molecule has 1 aromatic rings. The number of sulfonamides is 1. The summed E-state index contributed by atoms with van der Waals surface area (Å²) in [5.74, 6) is 0.349. The molecule has 0 saturated carbocycles. The van der Waals surface area contributed by atoms with E-state index in [1.165, 1.54) is 24.3 Å². The normalized spacial score (nSPS) is 11.9. The Balaban J connectivity index is 2.46. The molecule has 0 atom stereocenters. The molecule has 2 N–H and O–H groups in total. The number of hydrogen-bond donors (Lipinski definition) is 2. The van der Waals surface area contributed by atoms with E-state index in [1.54, 1.807) is 0 Å². The second-order valence-corrected chi connectivity index (χ2v) is 6.13. The molecule has 1 rings (SSSR count). The van der Waals surface area contributed by atoms with Gasteiger partial charge in [0.2, 0.25) is 10.0 Å². The standard InChI is InChI=1S/C12H19NO4S/c1-10(2)9-17-7-6-13-18(15,16)12-5-3-4-11(14)8-12/h3-5,8,10,13-14H,6-7,9H2,1-2H3. The summed E-state index contributed by atoms with van der Waals surface area (Å²) >= 11 is 0. The van der Waals surface area contributed by atoms with Crippen molar-refractivity contribution in [1.82, 2.24) is 4.72 Å². The molecule has 0 heterocycles. The van der Waals surface area contributed by atoms with E-state index < -0.39 is 10.0 Å². The van der Waals surface area contributed by atoms with Crippen LogP contribution in [0.4, 0.5) is 0 Å². The molecule has 102 valence electrons. The van der Waals surface area contributed by atoms with Crippen molar-refractivity contribution in [3.8, 4) is 5.75 Å². The third-order valence-corrected chi connectivity index (χ3v) is 3.58. The van der Waals surface area contributed by atoms with Gasteiger partial charge in [-0.25, -0.2) is 13.1 Å². The number of benzene rings is 1. The molecule has 0 bridgehead atoms. The average molecular weight is 273 g/mol. The van der Waals surface area contributed by atoms with E-state index in [0.29, 0.717) is 19.1 Å². The van der Waals surface area contributed by atoms with Gasteiger partial charge in [0, 0.05) is 13.2 Å². The fourth-order valence-electron chi connectivity index (χ4n) is 1.30. The van der Waals surface area contributed by atoms with Crippen LogP contribution in [0.15, 0.2) is 29.2 Å². The molecule has 1 aromatic carbocycles. The van der Waals surface area contributed by atoms with Gasteiger partial charge in [0.25, 0.3) is 0 Å². The van der Waals surface area contributed by atoms with Crippen LogP contribution in [0.25, 0.3) is 0 Å². The van der Waals surface area contributed by atoms with Gasteiger partial charge >= 0.3 is 0 Å². The van der Waals surface area contributed by atoms with Gasteiger partial charge in [-0.1, -0.05) is 19.9 Å². The summed E-state index contributed by atoms with van der Waals surface area (Å²) in [6.45, 7) is 5.20. The van der Waals surface area contributed by atoms with E-state index >= 15 is 0 Å². The zero-order valence-electron chi connectivity index (χ0n) is 10.6. The first-order valence-electron chi connectivity index (χ1n) is 5.78. The minimum absolute atomic E-state index is 0.0476. The summed E-state index contributed by atoms with van der Waals surface area (Å²) in [6, 6.07) is 5.54. The monoisotopic (exact) mass is 273 g/mol. The highest BCUT2D eigenvalue weighted by molar-refractivity contribution is 7.89. The Morgan fingerprint density at radius 2 is 2.11 bits per heavy atom. The van der Waals surface area contributed by atoms with Gasteiger partial charge in [-0.2, -0.15) is 0 Å². The lowest BCUT2D eigenvalue weighted by Gasteiger charge is -2.09. The minimum atomic E-state index is -3.57. The summed E-state index contributed by atoms with van der Waals surface area (Å²) in [4.78, 5) is 0.0476. The first-order chi connectivity index (χ1) is 8.42. The number of phenols is 1. The third kappa shape index (κ3) is 5.03. The van der Waals surface area contributed by atoms with E-state index in [4.69, 9.17) is 4.74 Å². The van der Waals surface area contributed by atoms with Crippen molar-refractivity contribution >= 4 is 10.0 Å². The first-order valence-corrected chi connectivity index (χ1v) is 7.26. The molecule has 0 radical (unpaired) electrons. The first kappa shape index (κ1) is 14.9. The quantitative estimate of drug-likeness (QED) is 0.735. The molecule has 0 amide bonds. The Morgan fingerprint density at radius 3 is 2.72 bits per heavy atom. The average Bonchev–Trinajstić information content (AvgIpc) is 2.28. The summed E-state index contributed by atoms with van der Waals surface area (Å²) < 4.78 is 31.3. The van der Waals surface area contributed by atoms with Gasteiger partial charge < -0.3 is 9.84 Å². The zero-order chi connectivity index (χ0) is 13.6. The van der Waals surface area contributed by atoms with Crippen molar-refractivity contribution in [2.75, 3.05) is 19.8 Å². The van der Waals surface area contributed by atoms with Crippen molar-refractivity contribution in [2.24, 2.45) is 5.92 Å². The summed E-state index contributed by atoms with van der Waals surface area (Å²) in [5, 5.41) is 9.23. The second kappa shape index (κ2) is 6.72. The highest BCUT2D eigenvalue weighted by Crippen LogP contribution is 2.15. The molecule has 0 unspecified atom stereocenters. The van der Waals surface area contributed by atoms with E-state index in [1.807, 2.05) is 13.8 Å². The van der Waals surface area contributed by atoms with Crippen molar-refractivity contribution in [3.05, 3.63) is 24.3 Å². The van der Waals surface area contributed by atoms with Crippen molar-refractivity contribution < 1.29 is 18.3 Å². The number of hydrogen-bond acceptors (Lipinski definition) is 4. The predicted octanol–water partition coefficient (Wildman–Crippen LogP) is 1.34. The molecular formula is C12H19NO4S. The molecule has 0 aromatic heterocycles. The molecular weight excluding hydrogens is 254 g/mol. The number of nitrogens with one attached hydrogen (secondary N) is 1. The highest BCUT2D eigenvalue weighted by Gasteiger charge is 2.13. The number of ether oxygens (including phenoxy) is 1. The van der Waals surface area contributed by atoms with E-state index in [-0.39, 0.29) is 17.2 Å². The zero-order valence-corrected chi connectivity index (χ0v) is 11.4. The molecule has 0 spiro atoms. The van der Waals surface area contributed by atoms with Crippen LogP contribution in [0.5, 0.6) is 5.75 Å². The van der Waals surface area contributed by atoms with Gasteiger partial charge in [-0.05, 0) is 24.1 Å². The van der Waals surface area contributed by atoms with E-state index in [0.717, 1.165) is 0 Å². The molecule has 0 aliphatic carbocycles. The predicted molar refractivity (Wildman–Crippen MR) is 69.0 cm³/mol. The molecule has 0 aliphatic rings. The third-order valence-electron chi connectivity index (χ3n) is 2.12. The fourth-order valence-corrected chi connectivity index (χ4v) is 2.35. The summed E-state index contributed by atoms with van der Waals surface area (Å²) in [6.07, 6.45) is 0. The maximum atomic E-state index is 11.8. The summed E-state index contributed by atoms with van der Waals surface area (Å²) in [7, 11) is -3.57. The van der Waals surface area contributed by atoms with E-state index in [9.17, 15) is 13.5 Å². The van der Waals surface area contributed by atoms with Crippen molar-refractivity contribution in [1.29, 1.82) is 0 Å². The molecule has 0 saturated heterocycles. The van der Waals surface area contributed by atoms with Gasteiger partial charge in [0.1, 0.15) is 5.75 Å². The maximum Gasteiger partial charge on any atom is 0.240 e. The van der Waals surface area contributed by atoms with Crippen molar-refractivity contribution in [2.45, 2.75) is 18.7 Å². The van der Waals surface area contributed by atoms with Gasteiger partial charge in [-0.3, -0.25) is 0 Å². The van der Waals surface area contributed by atoms with Crippen LogP contribution in [-0.4, -0.2) is 33.3 Å². The molecule has 0 fully saturated rings. The van der Waals surface area contributed by atoms with E-state index in [2.05, 4.69) is 4.72 Å². The molecule has 5 nitrogen and oxygen atoms in total. The van der Waals surface area contributed by atoms with Gasteiger partial charge in [0.05, 0.1) is 11.5 Å². The smallest absolute Gasteiger partial charge is 0.240 e. The Hall–Kier alpha value is -1.11.